The maximum absolute atomic E-state index is 12.2. The van der Waals surface area contributed by atoms with Gasteiger partial charge in [-0.25, -0.2) is 4.98 Å². The summed E-state index contributed by atoms with van der Waals surface area (Å²) in [6.07, 6.45) is 3.23. The van der Waals surface area contributed by atoms with Crippen molar-refractivity contribution in [2.45, 2.75) is 13.0 Å². The molecule has 19 heavy (non-hydrogen) atoms. The van der Waals surface area contributed by atoms with Crippen LogP contribution in [0.5, 0.6) is 0 Å². The number of nitrogens with one attached hydrogen (secondary N) is 2. The molecule has 104 valence electrons. The van der Waals surface area contributed by atoms with Gasteiger partial charge in [-0.05, 0) is 6.92 Å². The van der Waals surface area contributed by atoms with Crippen LogP contribution in [0.3, 0.4) is 0 Å². The van der Waals surface area contributed by atoms with Crippen molar-refractivity contribution in [3.8, 4) is 0 Å². The third-order valence-corrected chi connectivity index (χ3v) is 2.95. The van der Waals surface area contributed by atoms with E-state index in [4.69, 9.17) is 4.74 Å². The summed E-state index contributed by atoms with van der Waals surface area (Å²) in [7, 11) is 1.77. The summed E-state index contributed by atoms with van der Waals surface area (Å²) in [5.41, 5.74) is 0. The summed E-state index contributed by atoms with van der Waals surface area (Å²) in [6, 6.07) is -0.334. The van der Waals surface area contributed by atoms with Gasteiger partial charge in [0.25, 0.3) is 0 Å². The largest absolute Gasteiger partial charge is 0.378 e. The number of carbonyl (C=O) groups is 1. The Labute approximate surface area is 112 Å². The van der Waals surface area contributed by atoms with Gasteiger partial charge in [0.05, 0.1) is 25.6 Å². The van der Waals surface area contributed by atoms with Gasteiger partial charge < -0.3 is 20.3 Å². The molecular weight excluding hydrogens is 246 g/mol. The van der Waals surface area contributed by atoms with Crippen LogP contribution >= 0.6 is 0 Å². The zero-order valence-corrected chi connectivity index (χ0v) is 11.2. The highest BCUT2D eigenvalue weighted by Crippen LogP contribution is 2.09. The number of hydrogen-bond acceptors (Lipinski definition) is 6. The van der Waals surface area contributed by atoms with Gasteiger partial charge in [0, 0.05) is 20.1 Å². The van der Waals surface area contributed by atoms with Gasteiger partial charge >= 0.3 is 0 Å². The van der Waals surface area contributed by atoms with E-state index in [9.17, 15) is 4.79 Å². The molecule has 0 bridgehead atoms. The van der Waals surface area contributed by atoms with Crippen molar-refractivity contribution in [3.63, 3.8) is 0 Å². The lowest BCUT2D eigenvalue weighted by molar-refractivity contribution is -0.135. The number of amides is 1. The molecule has 1 amide bonds. The molecule has 2 rings (SSSR count). The second kappa shape index (κ2) is 6.33. The molecule has 7 heteroatoms. The molecule has 7 nitrogen and oxygen atoms in total. The van der Waals surface area contributed by atoms with E-state index in [0.29, 0.717) is 37.9 Å². The van der Waals surface area contributed by atoms with Crippen LogP contribution in [-0.2, 0) is 9.53 Å². The Morgan fingerprint density at radius 2 is 2.05 bits per heavy atom. The third-order valence-electron chi connectivity index (χ3n) is 2.95. The summed E-state index contributed by atoms with van der Waals surface area (Å²) in [6.45, 7) is 4.33. The Hall–Kier alpha value is -1.89. The van der Waals surface area contributed by atoms with Crippen molar-refractivity contribution < 1.29 is 9.53 Å². The molecule has 0 aromatic carbocycles. The van der Waals surface area contributed by atoms with Crippen molar-refractivity contribution >= 4 is 17.5 Å². The first kappa shape index (κ1) is 13.5. The fourth-order valence-electron chi connectivity index (χ4n) is 1.90. The number of morpholine rings is 1. The fourth-order valence-corrected chi connectivity index (χ4v) is 1.90. The van der Waals surface area contributed by atoms with Crippen LogP contribution in [0.4, 0.5) is 11.6 Å². The number of nitrogens with zero attached hydrogens (tertiary/aromatic N) is 3. The van der Waals surface area contributed by atoms with Crippen LogP contribution in [0.1, 0.15) is 6.92 Å². The molecule has 1 unspecified atom stereocenters. The molecule has 1 aromatic rings. The number of carbonyl (C=O) groups excluding carboxylic acids is 1. The van der Waals surface area contributed by atoms with E-state index in [2.05, 4.69) is 20.6 Å². The van der Waals surface area contributed by atoms with Crippen LogP contribution < -0.4 is 10.6 Å². The lowest BCUT2D eigenvalue weighted by atomic mass is 10.2. The van der Waals surface area contributed by atoms with Crippen LogP contribution in [-0.4, -0.2) is 60.2 Å². The summed E-state index contributed by atoms with van der Waals surface area (Å²) in [5.74, 6) is 1.30. The smallest absolute Gasteiger partial charge is 0.244 e. The van der Waals surface area contributed by atoms with E-state index < -0.39 is 0 Å². The summed E-state index contributed by atoms with van der Waals surface area (Å²) in [5, 5.41) is 5.98. The Bertz CT molecular complexity index is 434. The minimum Gasteiger partial charge on any atom is -0.378 e. The van der Waals surface area contributed by atoms with Gasteiger partial charge in [0.1, 0.15) is 17.7 Å². The van der Waals surface area contributed by atoms with Crippen molar-refractivity contribution in [2.24, 2.45) is 0 Å². The van der Waals surface area contributed by atoms with Gasteiger partial charge in [-0.2, -0.15) is 0 Å². The molecule has 1 aromatic heterocycles. The Kier molecular flexibility index (Phi) is 4.51. The minimum absolute atomic E-state index is 0.0555. The first-order chi connectivity index (χ1) is 9.20. The molecule has 2 heterocycles. The number of hydrogen-bond donors (Lipinski definition) is 2. The lowest BCUT2D eigenvalue weighted by Gasteiger charge is -2.29. The van der Waals surface area contributed by atoms with E-state index >= 15 is 0 Å². The van der Waals surface area contributed by atoms with E-state index in [0.717, 1.165) is 0 Å². The van der Waals surface area contributed by atoms with Gasteiger partial charge in [0.2, 0.25) is 5.91 Å². The second-order valence-electron chi connectivity index (χ2n) is 4.34. The van der Waals surface area contributed by atoms with E-state index in [1.54, 1.807) is 24.3 Å². The van der Waals surface area contributed by atoms with Crippen molar-refractivity contribution in [1.82, 2.24) is 14.9 Å². The van der Waals surface area contributed by atoms with Crippen LogP contribution in [0.15, 0.2) is 12.4 Å². The molecular formula is C12H19N5O2. The monoisotopic (exact) mass is 265 g/mol. The number of ether oxygens (including phenoxy) is 1. The van der Waals surface area contributed by atoms with E-state index in [-0.39, 0.29) is 11.9 Å². The highest BCUT2D eigenvalue weighted by molar-refractivity contribution is 5.84. The topological polar surface area (TPSA) is 79.4 Å². The van der Waals surface area contributed by atoms with Crippen LogP contribution in [0.2, 0.25) is 0 Å². The first-order valence-corrected chi connectivity index (χ1v) is 6.33. The molecule has 1 atom stereocenters. The zero-order chi connectivity index (χ0) is 13.7. The first-order valence-electron chi connectivity index (χ1n) is 6.33. The summed E-state index contributed by atoms with van der Waals surface area (Å²) < 4.78 is 5.23. The SMILES string of the molecule is CNc1cncc(NC(C)C(=O)N2CCOCC2)n1. The molecule has 2 N–H and O–H groups in total. The molecule has 0 spiro atoms. The van der Waals surface area contributed by atoms with Gasteiger partial charge in [-0.1, -0.05) is 0 Å². The number of rotatable bonds is 4. The fraction of sp³-hybridized carbons (Fsp3) is 0.583. The summed E-state index contributed by atoms with van der Waals surface area (Å²) >= 11 is 0. The standard InChI is InChI=1S/C12H19N5O2/c1-9(12(18)17-3-5-19-6-4-17)15-11-8-14-7-10(13-2)16-11/h7-9H,3-6H2,1-2H3,(H2,13,15,16). The molecule has 0 aliphatic carbocycles. The average molecular weight is 265 g/mol. The second-order valence-corrected chi connectivity index (χ2v) is 4.34. The third kappa shape index (κ3) is 3.54. The Morgan fingerprint density at radius 3 is 2.74 bits per heavy atom. The van der Waals surface area contributed by atoms with Crippen LogP contribution in [0, 0.1) is 0 Å². The lowest BCUT2D eigenvalue weighted by Crippen LogP contribution is -2.47. The van der Waals surface area contributed by atoms with Crippen molar-refractivity contribution in [2.75, 3.05) is 44.0 Å². The van der Waals surface area contributed by atoms with E-state index in [1.165, 1.54) is 0 Å². The van der Waals surface area contributed by atoms with Crippen molar-refractivity contribution in [3.05, 3.63) is 12.4 Å². The highest BCUT2D eigenvalue weighted by Gasteiger charge is 2.22. The average Bonchev–Trinajstić information content (AvgIpc) is 2.47. The molecule has 1 aliphatic heterocycles. The van der Waals surface area contributed by atoms with Gasteiger partial charge in [-0.3, -0.25) is 9.78 Å². The van der Waals surface area contributed by atoms with Crippen molar-refractivity contribution in [1.29, 1.82) is 0 Å². The normalized spacial score (nSPS) is 16.8. The molecule has 0 saturated carbocycles. The maximum atomic E-state index is 12.2. The van der Waals surface area contributed by atoms with Crippen LogP contribution in [0.25, 0.3) is 0 Å². The Balaban J connectivity index is 1.95. The number of aromatic nitrogens is 2. The highest BCUT2D eigenvalue weighted by atomic mass is 16.5. The Morgan fingerprint density at radius 1 is 1.37 bits per heavy atom. The molecule has 1 fully saturated rings. The summed E-state index contributed by atoms with van der Waals surface area (Å²) in [4.78, 5) is 22.3. The maximum Gasteiger partial charge on any atom is 0.244 e. The minimum atomic E-state index is -0.334. The van der Waals surface area contributed by atoms with E-state index in [1.807, 2.05) is 6.92 Å². The van der Waals surface area contributed by atoms with Gasteiger partial charge in [-0.15, -0.1) is 0 Å². The number of anilines is 2. The molecule has 0 radical (unpaired) electrons. The molecule has 1 aliphatic rings. The van der Waals surface area contributed by atoms with Gasteiger partial charge in [0.15, 0.2) is 0 Å². The predicted octanol–water partition coefficient (Wildman–Crippen LogP) is 0.177. The predicted molar refractivity (Wildman–Crippen MR) is 72.1 cm³/mol. The zero-order valence-electron chi connectivity index (χ0n) is 11.2. The molecule has 1 saturated heterocycles. The quantitative estimate of drug-likeness (QED) is 0.808.